The first-order valence-corrected chi connectivity index (χ1v) is 5.37. The summed E-state index contributed by atoms with van der Waals surface area (Å²) in [5.41, 5.74) is 11.3. The maximum absolute atomic E-state index is 5.66. The molecule has 7 heteroatoms. The van der Waals surface area contributed by atoms with Gasteiger partial charge in [-0.25, -0.2) is 4.98 Å². The van der Waals surface area contributed by atoms with Crippen molar-refractivity contribution < 1.29 is 0 Å². The Balaban J connectivity index is 1.91. The van der Waals surface area contributed by atoms with Crippen molar-refractivity contribution in [3.63, 3.8) is 0 Å². The van der Waals surface area contributed by atoms with E-state index < -0.39 is 0 Å². The standard InChI is InChI=1S/C10H13N7/c11-7-5-8(15-10(12)14-7)17-4-3-16-2-1-13-9(16)6-17/h1-2,5H,3-4,6H2,(H4,11,12,14,15). The molecule has 0 saturated heterocycles. The van der Waals surface area contributed by atoms with Crippen molar-refractivity contribution in [2.45, 2.75) is 13.1 Å². The molecule has 0 aliphatic carbocycles. The zero-order valence-corrected chi connectivity index (χ0v) is 9.24. The first-order valence-electron chi connectivity index (χ1n) is 5.37. The number of rotatable bonds is 1. The molecular weight excluding hydrogens is 218 g/mol. The molecule has 0 radical (unpaired) electrons. The third kappa shape index (κ3) is 1.75. The highest BCUT2D eigenvalue weighted by Gasteiger charge is 2.18. The number of imidazole rings is 1. The smallest absolute Gasteiger partial charge is 0.223 e. The molecule has 3 heterocycles. The lowest BCUT2D eigenvalue weighted by atomic mass is 10.3. The second-order valence-electron chi connectivity index (χ2n) is 3.97. The molecule has 0 bridgehead atoms. The Morgan fingerprint density at radius 3 is 2.88 bits per heavy atom. The number of anilines is 3. The average molecular weight is 231 g/mol. The monoisotopic (exact) mass is 231 g/mol. The molecule has 17 heavy (non-hydrogen) atoms. The van der Waals surface area contributed by atoms with Gasteiger partial charge in [0.15, 0.2) is 0 Å². The second kappa shape index (κ2) is 3.62. The van der Waals surface area contributed by atoms with E-state index in [1.807, 2.05) is 12.4 Å². The quantitative estimate of drug-likeness (QED) is 0.708. The summed E-state index contributed by atoms with van der Waals surface area (Å²) in [6.45, 7) is 2.46. The molecule has 0 amide bonds. The Morgan fingerprint density at radius 1 is 1.18 bits per heavy atom. The predicted molar refractivity (Wildman–Crippen MR) is 64.1 cm³/mol. The van der Waals surface area contributed by atoms with Gasteiger partial charge in [-0.3, -0.25) is 0 Å². The molecule has 0 saturated carbocycles. The van der Waals surface area contributed by atoms with E-state index in [0.717, 1.165) is 24.7 Å². The zero-order chi connectivity index (χ0) is 11.8. The minimum absolute atomic E-state index is 0.203. The molecular formula is C10H13N7. The van der Waals surface area contributed by atoms with Gasteiger partial charge in [-0.15, -0.1) is 0 Å². The molecule has 0 aromatic carbocycles. The van der Waals surface area contributed by atoms with E-state index in [1.165, 1.54) is 0 Å². The topological polar surface area (TPSA) is 98.9 Å². The van der Waals surface area contributed by atoms with E-state index in [4.69, 9.17) is 11.5 Å². The van der Waals surface area contributed by atoms with E-state index >= 15 is 0 Å². The SMILES string of the molecule is Nc1cc(N2CCn3ccnc3C2)nc(N)n1. The van der Waals surface area contributed by atoms with Crippen LogP contribution in [-0.2, 0) is 13.1 Å². The molecule has 88 valence electrons. The summed E-state index contributed by atoms with van der Waals surface area (Å²) in [6, 6.07) is 1.73. The van der Waals surface area contributed by atoms with Gasteiger partial charge in [0.05, 0.1) is 6.54 Å². The van der Waals surface area contributed by atoms with Gasteiger partial charge < -0.3 is 20.9 Å². The average Bonchev–Trinajstić information content (AvgIpc) is 2.74. The molecule has 0 fully saturated rings. The lowest BCUT2D eigenvalue weighted by Gasteiger charge is -2.28. The third-order valence-corrected chi connectivity index (χ3v) is 2.82. The van der Waals surface area contributed by atoms with Crippen molar-refractivity contribution in [2.75, 3.05) is 22.9 Å². The lowest BCUT2D eigenvalue weighted by Crippen LogP contribution is -2.34. The summed E-state index contributed by atoms with van der Waals surface area (Å²) in [5.74, 6) is 2.37. The zero-order valence-electron chi connectivity index (χ0n) is 9.24. The van der Waals surface area contributed by atoms with Crippen molar-refractivity contribution in [2.24, 2.45) is 0 Å². The van der Waals surface area contributed by atoms with Gasteiger partial charge in [-0.1, -0.05) is 0 Å². The summed E-state index contributed by atoms with van der Waals surface area (Å²) in [4.78, 5) is 14.4. The first-order chi connectivity index (χ1) is 8.22. The van der Waals surface area contributed by atoms with Crippen LogP contribution in [0.25, 0.3) is 0 Å². The van der Waals surface area contributed by atoms with E-state index in [2.05, 4.69) is 24.4 Å². The Labute approximate surface area is 98.1 Å². The number of nitrogen functional groups attached to an aromatic ring is 2. The Morgan fingerprint density at radius 2 is 2.06 bits per heavy atom. The van der Waals surface area contributed by atoms with Crippen molar-refractivity contribution in [3.05, 3.63) is 24.3 Å². The van der Waals surface area contributed by atoms with Crippen molar-refractivity contribution in [3.8, 4) is 0 Å². The molecule has 1 aliphatic rings. The predicted octanol–water partition coefficient (Wildman–Crippen LogP) is -0.142. The van der Waals surface area contributed by atoms with Crippen LogP contribution in [0.3, 0.4) is 0 Å². The maximum Gasteiger partial charge on any atom is 0.223 e. The molecule has 0 spiro atoms. The number of nitrogens with two attached hydrogens (primary N) is 2. The van der Waals surface area contributed by atoms with Crippen LogP contribution >= 0.6 is 0 Å². The minimum atomic E-state index is 0.203. The molecule has 0 atom stereocenters. The number of aromatic nitrogens is 4. The largest absolute Gasteiger partial charge is 0.383 e. The highest BCUT2D eigenvalue weighted by atomic mass is 15.3. The van der Waals surface area contributed by atoms with Gasteiger partial charge in [-0.05, 0) is 0 Å². The summed E-state index contributed by atoms with van der Waals surface area (Å²) < 4.78 is 2.13. The number of fused-ring (bicyclic) bond motifs is 1. The Kier molecular flexibility index (Phi) is 2.10. The summed E-state index contributed by atoms with van der Waals surface area (Å²) >= 11 is 0. The summed E-state index contributed by atoms with van der Waals surface area (Å²) in [7, 11) is 0. The van der Waals surface area contributed by atoms with Crippen molar-refractivity contribution in [1.82, 2.24) is 19.5 Å². The minimum Gasteiger partial charge on any atom is -0.383 e. The number of nitrogens with zero attached hydrogens (tertiary/aromatic N) is 5. The van der Waals surface area contributed by atoms with Crippen molar-refractivity contribution in [1.29, 1.82) is 0 Å². The van der Waals surface area contributed by atoms with Gasteiger partial charge in [0.25, 0.3) is 0 Å². The highest BCUT2D eigenvalue weighted by Crippen LogP contribution is 2.20. The maximum atomic E-state index is 5.66. The fraction of sp³-hybridized carbons (Fsp3) is 0.300. The Hall–Kier alpha value is -2.31. The van der Waals surface area contributed by atoms with Crippen LogP contribution in [0.1, 0.15) is 5.82 Å². The van der Waals surface area contributed by atoms with Crippen LogP contribution in [0.15, 0.2) is 18.5 Å². The highest BCUT2D eigenvalue weighted by molar-refractivity contribution is 5.50. The third-order valence-electron chi connectivity index (χ3n) is 2.82. The molecule has 7 nitrogen and oxygen atoms in total. The van der Waals surface area contributed by atoms with E-state index in [-0.39, 0.29) is 5.95 Å². The molecule has 4 N–H and O–H groups in total. The first kappa shape index (κ1) is 9.88. The van der Waals surface area contributed by atoms with Crippen LogP contribution in [0.2, 0.25) is 0 Å². The number of hydrogen-bond donors (Lipinski definition) is 2. The van der Waals surface area contributed by atoms with Crippen LogP contribution in [0.4, 0.5) is 17.6 Å². The van der Waals surface area contributed by atoms with E-state index in [0.29, 0.717) is 12.4 Å². The summed E-state index contributed by atoms with van der Waals surface area (Å²) in [5, 5.41) is 0. The van der Waals surface area contributed by atoms with E-state index in [9.17, 15) is 0 Å². The van der Waals surface area contributed by atoms with Crippen LogP contribution in [0, 0.1) is 0 Å². The fourth-order valence-electron chi connectivity index (χ4n) is 2.00. The van der Waals surface area contributed by atoms with Gasteiger partial charge >= 0.3 is 0 Å². The van der Waals surface area contributed by atoms with Crippen LogP contribution in [-0.4, -0.2) is 26.1 Å². The van der Waals surface area contributed by atoms with Crippen molar-refractivity contribution >= 4 is 17.6 Å². The van der Waals surface area contributed by atoms with Crippen LogP contribution < -0.4 is 16.4 Å². The van der Waals surface area contributed by atoms with E-state index in [1.54, 1.807) is 6.07 Å². The van der Waals surface area contributed by atoms with Gasteiger partial charge in [0, 0.05) is 31.5 Å². The molecule has 1 aliphatic heterocycles. The molecule has 0 unspecified atom stereocenters. The molecule has 3 rings (SSSR count). The number of hydrogen-bond acceptors (Lipinski definition) is 6. The Bertz CT molecular complexity index is 527. The summed E-state index contributed by atoms with van der Waals surface area (Å²) in [6.07, 6.45) is 3.79. The second-order valence-corrected chi connectivity index (χ2v) is 3.97. The van der Waals surface area contributed by atoms with Gasteiger partial charge in [0.1, 0.15) is 17.5 Å². The van der Waals surface area contributed by atoms with Gasteiger partial charge in [0.2, 0.25) is 5.95 Å². The van der Waals surface area contributed by atoms with Crippen LogP contribution in [0.5, 0.6) is 0 Å². The lowest BCUT2D eigenvalue weighted by molar-refractivity contribution is 0.556. The molecule has 2 aromatic rings. The van der Waals surface area contributed by atoms with Gasteiger partial charge in [-0.2, -0.15) is 9.97 Å². The molecule has 2 aromatic heterocycles. The fourth-order valence-corrected chi connectivity index (χ4v) is 2.00. The normalized spacial score (nSPS) is 14.7.